The van der Waals surface area contributed by atoms with E-state index in [9.17, 15) is 71.8 Å². The number of hydrogen-bond acceptors (Lipinski definition) is 3. The first-order valence-corrected chi connectivity index (χ1v) is 6.02. The van der Waals surface area contributed by atoms with Crippen molar-refractivity contribution in [1.82, 2.24) is 0 Å². The van der Waals surface area contributed by atoms with Crippen LogP contribution in [-0.2, 0) is 0 Å². The summed E-state index contributed by atoms with van der Waals surface area (Å²) in [5.74, 6) is -32.6. The van der Waals surface area contributed by atoms with E-state index < -0.39 is 43.5 Å². The highest BCUT2D eigenvalue weighted by molar-refractivity contribution is 7.55. The van der Waals surface area contributed by atoms with E-state index in [0.717, 1.165) is 0 Å². The zero-order valence-electron chi connectivity index (χ0n) is 9.59. The average molecular weight is 398 g/mol. The van der Waals surface area contributed by atoms with Crippen molar-refractivity contribution in [3.8, 4) is 0 Å². The number of halogens is 13. The summed E-state index contributed by atoms with van der Waals surface area (Å²) in [7, 11) is -8.17. The van der Waals surface area contributed by atoms with Crippen LogP contribution >= 0.6 is 7.94 Å². The predicted octanol–water partition coefficient (Wildman–Crippen LogP) is 1.53. The fraction of sp³-hybridized carbons (Fsp3) is 1.00. The van der Waals surface area contributed by atoms with Gasteiger partial charge in [-0.1, -0.05) is 7.94 Å². The molecule has 0 aromatic heterocycles. The first kappa shape index (κ1) is 22.4. The van der Waals surface area contributed by atoms with Crippen LogP contribution in [0.2, 0.25) is 0 Å². The van der Waals surface area contributed by atoms with Crippen molar-refractivity contribution in [3.05, 3.63) is 0 Å². The average Bonchev–Trinajstić information content (AvgIpc) is 2.24. The van der Waals surface area contributed by atoms with Crippen LogP contribution in [0, 0.1) is 0 Å². The first-order chi connectivity index (χ1) is 9.50. The smallest absolute Gasteiger partial charge is 0.460 e. The Bertz CT molecular complexity index is 410. The van der Waals surface area contributed by atoms with Crippen molar-refractivity contribution in [2.45, 2.75) is 35.5 Å². The molecule has 140 valence electrons. The molecule has 0 saturated carbocycles. The van der Waals surface area contributed by atoms with E-state index in [1.807, 2.05) is 0 Å². The van der Waals surface area contributed by atoms with Crippen LogP contribution in [0.1, 0.15) is 0 Å². The van der Waals surface area contributed by atoms with E-state index in [1.54, 1.807) is 0 Å². The normalized spacial score (nSPS) is 16.7. The minimum absolute atomic E-state index is 7.60. The molecule has 0 saturated heterocycles. The molecule has 0 aliphatic heterocycles. The molecule has 0 aliphatic carbocycles. The molecule has 0 heterocycles. The van der Waals surface area contributed by atoms with E-state index in [0.29, 0.717) is 0 Å². The van der Waals surface area contributed by atoms with Gasteiger partial charge in [0.2, 0.25) is 0 Å². The molecule has 0 radical (unpaired) electrons. The maximum Gasteiger partial charge on any atom is 0.460 e. The maximum absolute atomic E-state index is 12.7. The quantitative estimate of drug-likeness (QED) is 0.521. The van der Waals surface area contributed by atoms with Crippen molar-refractivity contribution in [2.75, 3.05) is 0 Å². The summed E-state index contributed by atoms with van der Waals surface area (Å²) < 4.78 is 160. The summed E-state index contributed by atoms with van der Waals surface area (Å²) >= 11 is 0. The van der Waals surface area contributed by atoms with Gasteiger partial charge in [0.1, 0.15) is 0 Å². The van der Waals surface area contributed by atoms with Crippen molar-refractivity contribution in [3.63, 3.8) is 0 Å². The number of hydrogen-bond donors (Lipinski definition) is 0. The largest absolute Gasteiger partial charge is 0.683 e. The van der Waals surface area contributed by atoms with Gasteiger partial charge in [0.25, 0.3) is 0 Å². The Balaban J connectivity index is 6.37. The van der Waals surface area contributed by atoms with Crippen LogP contribution < -0.4 is 14.7 Å². The summed E-state index contributed by atoms with van der Waals surface area (Å²) in [5.41, 5.74) is -7.60. The van der Waals surface area contributed by atoms with Crippen molar-refractivity contribution >= 4 is 7.94 Å². The van der Waals surface area contributed by atoms with Crippen LogP contribution in [-0.4, -0.2) is 35.5 Å². The minimum atomic E-state index is -8.28. The fourth-order valence-electron chi connectivity index (χ4n) is 0.933. The van der Waals surface area contributed by atoms with Crippen LogP contribution in [0.5, 0.6) is 0 Å². The molecule has 17 heteroatoms. The molecule has 0 bridgehead atoms. The third-order valence-corrected chi connectivity index (χ3v) is 3.23. The van der Waals surface area contributed by atoms with Gasteiger partial charge in [0.15, 0.2) is 0 Å². The number of alkyl halides is 13. The zero-order chi connectivity index (χ0) is 19.5. The third-order valence-electron chi connectivity index (χ3n) is 2.26. The van der Waals surface area contributed by atoms with E-state index >= 15 is 0 Å². The molecule has 0 spiro atoms. The lowest BCUT2D eigenvalue weighted by Crippen LogP contribution is -2.71. The SMILES string of the molecule is [O-][P+]([O-])([O-])C(F)(F)C(F)(F)C(F)(F)C(F)(F)C(F)(F)C(F)(F)F. The second-order valence-corrected chi connectivity index (χ2v) is 5.39. The van der Waals surface area contributed by atoms with Crippen LogP contribution in [0.4, 0.5) is 57.1 Å². The molecule has 0 fully saturated rings. The van der Waals surface area contributed by atoms with Crippen LogP contribution in [0.3, 0.4) is 0 Å². The highest BCUT2D eigenvalue weighted by Crippen LogP contribution is 2.66. The molecule has 3 nitrogen and oxygen atoms in total. The Morgan fingerprint density at radius 2 is 0.696 bits per heavy atom. The highest BCUT2D eigenvalue weighted by atomic mass is 31.2. The lowest BCUT2D eigenvalue weighted by atomic mass is 9.98. The van der Waals surface area contributed by atoms with Crippen LogP contribution in [0.15, 0.2) is 0 Å². The lowest BCUT2D eigenvalue weighted by molar-refractivity contribution is -0.474. The molecule has 0 N–H and O–H groups in total. The molecule has 0 aromatic carbocycles. The minimum Gasteiger partial charge on any atom is -0.683 e. The molecule has 0 amide bonds. The van der Waals surface area contributed by atoms with Gasteiger partial charge in [-0.2, -0.15) is 57.1 Å². The Morgan fingerprint density at radius 3 is 0.913 bits per heavy atom. The Hall–Kier alpha value is -0.600. The van der Waals surface area contributed by atoms with Crippen LogP contribution in [0.25, 0.3) is 0 Å². The predicted molar refractivity (Wildman–Crippen MR) is 37.7 cm³/mol. The van der Waals surface area contributed by atoms with Gasteiger partial charge in [-0.25, -0.2) is 0 Å². The summed E-state index contributed by atoms with van der Waals surface area (Å²) in [5, 5.41) is 0. The van der Waals surface area contributed by atoms with E-state index in [4.69, 9.17) is 0 Å². The molecule has 23 heavy (non-hydrogen) atoms. The molecule has 0 aliphatic rings. The van der Waals surface area contributed by atoms with Crippen molar-refractivity contribution in [1.29, 1.82) is 0 Å². The van der Waals surface area contributed by atoms with Gasteiger partial charge < -0.3 is 14.7 Å². The lowest BCUT2D eigenvalue weighted by Gasteiger charge is -2.50. The summed E-state index contributed by atoms with van der Waals surface area (Å²) in [4.78, 5) is 29.3. The standard InChI is InChI=1S/C6H2F13O3P/c7-1(8,3(11,12)5(15,16)17)2(9,10)4(13,14)6(18,19)23(20,21)22/h(H2,20,21,22)/p-2. The monoisotopic (exact) mass is 398 g/mol. The highest BCUT2D eigenvalue weighted by Gasteiger charge is 2.92. The second-order valence-electron chi connectivity index (χ2n) is 3.83. The Labute approximate surface area is 116 Å². The van der Waals surface area contributed by atoms with Crippen molar-refractivity contribution in [2.24, 2.45) is 0 Å². The molecule has 0 unspecified atom stereocenters. The van der Waals surface area contributed by atoms with Gasteiger partial charge in [0, 0.05) is 0 Å². The van der Waals surface area contributed by atoms with E-state index in [2.05, 4.69) is 0 Å². The van der Waals surface area contributed by atoms with E-state index in [-0.39, 0.29) is 0 Å². The third kappa shape index (κ3) is 2.82. The van der Waals surface area contributed by atoms with Gasteiger partial charge in [0.05, 0.1) is 0 Å². The Morgan fingerprint density at radius 1 is 0.435 bits per heavy atom. The molecular weight excluding hydrogens is 398 g/mol. The molecule has 0 atom stereocenters. The summed E-state index contributed by atoms with van der Waals surface area (Å²) in [6.07, 6.45) is -7.61. The molecule has 0 aromatic rings. The number of rotatable bonds is 5. The fourth-order valence-corrected chi connectivity index (χ4v) is 1.42. The topological polar surface area (TPSA) is 69.2 Å². The molecular formula is C6F13O3P-2. The van der Waals surface area contributed by atoms with E-state index in [1.165, 1.54) is 0 Å². The van der Waals surface area contributed by atoms with Gasteiger partial charge in [-0.15, -0.1) is 0 Å². The van der Waals surface area contributed by atoms with Gasteiger partial charge >= 0.3 is 35.5 Å². The molecule has 0 rings (SSSR count). The summed E-state index contributed by atoms with van der Waals surface area (Å²) in [6.45, 7) is 0. The summed E-state index contributed by atoms with van der Waals surface area (Å²) in [6, 6.07) is 0. The van der Waals surface area contributed by atoms with Gasteiger partial charge in [-0.05, 0) is 0 Å². The first-order valence-electron chi connectivity index (χ1n) is 4.48. The van der Waals surface area contributed by atoms with Gasteiger partial charge in [-0.3, -0.25) is 0 Å². The maximum atomic E-state index is 12.7. The zero-order valence-corrected chi connectivity index (χ0v) is 10.5. The Kier molecular flexibility index (Phi) is 5.06. The van der Waals surface area contributed by atoms with Crippen molar-refractivity contribution < 1.29 is 71.8 Å². The second kappa shape index (κ2) is 5.20.